The maximum Gasteiger partial charge on any atom is 0.137 e. The zero-order chi connectivity index (χ0) is 10.9. The van der Waals surface area contributed by atoms with Crippen molar-refractivity contribution in [2.24, 2.45) is 0 Å². The largest absolute Gasteiger partial charge is 0.490 e. The first-order valence-corrected chi connectivity index (χ1v) is 5.37. The van der Waals surface area contributed by atoms with Gasteiger partial charge in [-0.1, -0.05) is 0 Å². The molecule has 0 radical (unpaired) electrons. The summed E-state index contributed by atoms with van der Waals surface area (Å²) < 4.78 is 5.73. The monoisotopic (exact) mass is 206 g/mol. The molecule has 2 rings (SSSR count). The summed E-state index contributed by atoms with van der Waals surface area (Å²) in [7, 11) is 2.14. The molecule has 1 aromatic rings. The van der Waals surface area contributed by atoms with Crippen molar-refractivity contribution < 1.29 is 4.74 Å². The lowest BCUT2D eigenvalue weighted by Gasteiger charge is -2.48. The van der Waals surface area contributed by atoms with Crippen LogP contribution in [0.5, 0.6) is 5.75 Å². The van der Waals surface area contributed by atoms with E-state index in [1.54, 1.807) is 6.20 Å². The average molecular weight is 206 g/mol. The van der Waals surface area contributed by atoms with Crippen LogP contribution in [-0.4, -0.2) is 35.6 Å². The van der Waals surface area contributed by atoms with Gasteiger partial charge in [0, 0.05) is 12.2 Å². The Kier molecular flexibility index (Phi) is 2.65. The Bertz CT molecular complexity index is 336. The summed E-state index contributed by atoms with van der Waals surface area (Å²) in [5.41, 5.74) is 1.24. The Balaban J connectivity index is 1.90. The zero-order valence-electron chi connectivity index (χ0n) is 9.66. The van der Waals surface area contributed by atoms with Crippen LogP contribution in [0.15, 0.2) is 18.3 Å². The van der Waals surface area contributed by atoms with Crippen molar-refractivity contribution in [1.82, 2.24) is 9.88 Å². The lowest BCUT2D eigenvalue weighted by atomic mass is 9.88. The Morgan fingerprint density at radius 3 is 2.80 bits per heavy atom. The van der Waals surface area contributed by atoms with Crippen LogP contribution in [0.2, 0.25) is 0 Å². The van der Waals surface area contributed by atoms with Crippen LogP contribution < -0.4 is 4.74 Å². The number of likely N-dealkylation sites (N-methyl/N-ethyl adjacent to an activating group) is 1. The molecule has 2 heterocycles. The zero-order valence-corrected chi connectivity index (χ0v) is 9.66. The number of pyridine rings is 1. The van der Waals surface area contributed by atoms with E-state index in [2.05, 4.69) is 23.9 Å². The lowest BCUT2D eigenvalue weighted by Crippen LogP contribution is -2.58. The molecule has 1 aliphatic heterocycles. The van der Waals surface area contributed by atoms with Gasteiger partial charge in [-0.3, -0.25) is 9.88 Å². The van der Waals surface area contributed by atoms with E-state index in [9.17, 15) is 0 Å². The normalized spacial score (nSPS) is 26.1. The van der Waals surface area contributed by atoms with Crippen molar-refractivity contribution in [1.29, 1.82) is 0 Å². The minimum absolute atomic E-state index is 0.213. The number of likely N-dealkylation sites (tertiary alicyclic amines) is 1. The SMILES string of the molecule is Cc1ccc(OC[C@@]2(C)CCN2C)cn1. The van der Waals surface area contributed by atoms with E-state index in [4.69, 9.17) is 4.74 Å². The summed E-state index contributed by atoms with van der Waals surface area (Å²) in [4.78, 5) is 6.53. The van der Waals surface area contributed by atoms with Gasteiger partial charge in [-0.05, 0) is 39.4 Å². The molecule has 0 unspecified atom stereocenters. The van der Waals surface area contributed by atoms with E-state index in [-0.39, 0.29) is 5.54 Å². The molecule has 1 aliphatic rings. The Labute approximate surface area is 91.1 Å². The van der Waals surface area contributed by atoms with Crippen LogP contribution in [-0.2, 0) is 0 Å². The van der Waals surface area contributed by atoms with Crippen LogP contribution in [0.4, 0.5) is 0 Å². The predicted octanol–water partition coefficient (Wildman–Crippen LogP) is 1.86. The molecule has 0 N–H and O–H groups in total. The highest BCUT2D eigenvalue weighted by molar-refractivity contribution is 5.19. The predicted molar refractivity (Wildman–Crippen MR) is 60.1 cm³/mol. The lowest BCUT2D eigenvalue weighted by molar-refractivity contribution is -0.0109. The second-order valence-corrected chi connectivity index (χ2v) is 4.59. The fraction of sp³-hybridized carbons (Fsp3) is 0.583. The molecule has 0 aromatic carbocycles. The van der Waals surface area contributed by atoms with Gasteiger partial charge in [0.05, 0.1) is 11.7 Å². The van der Waals surface area contributed by atoms with Crippen molar-refractivity contribution in [3.05, 3.63) is 24.0 Å². The molecule has 1 atom stereocenters. The molecular weight excluding hydrogens is 188 g/mol. The van der Waals surface area contributed by atoms with Gasteiger partial charge in [-0.15, -0.1) is 0 Å². The molecule has 3 nitrogen and oxygen atoms in total. The van der Waals surface area contributed by atoms with Crippen molar-refractivity contribution in [3.8, 4) is 5.75 Å². The molecule has 1 fully saturated rings. The third kappa shape index (κ3) is 2.12. The van der Waals surface area contributed by atoms with Gasteiger partial charge in [0.1, 0.15) is 12.4 Å². The van der Waals surface area contributed by atoms with Crippen molar-refractivity contribution >= 4 is 0 Å². The summed E-state index contributed by atoms with van der Waals surface area (Å²) in [6.45, 7) is 6.13. The average Bonchev–Trinajstić information content (AvgIpc) is 2.26. The summed E-state index contributed by atoms with van der Waals surface area (Å²) in [6, 6.07) is 3.95. The Morgan fingerprint density at radius 2 is 2.33 bits per heavy atom. The number of hydrogen-bond donors (Lipinski definition) is 0. The first kappa shape index (κ1) is 10.4. The summed E-state index contributed by atoms with van der Waals surface area (Å²) >= 11 is 0. The Hall–Kier alpha value is -1.09. The maximum absolute atomic E-state index is 5.73. The van der Waals surface area contributed by atoms with Crippen molar-refractivity contribution in [2.45, 2.75) is 25.8 Å². The van der Waals surface area contributed by atoms with E-state index in [0.29, 0.717) is 0 Å². The topological polar surface area (TPSA) is 25.4 Å². The van der Waals surface area contributed by atoms with Gasteiger partial charge >= 0.3 is 0 Å². The van der Waals surface area contributed by atoms with Crippen LogP contribution >= 0.6 is 0 Å². The highest BCUT2D eigenvalue weighted by Gasteiger charge is 2.38. The van der Waals surface area contributed by atoms with Crippen LogP contribution in [0.3, 0.4) is 0 Å². The number of nitrogens with zero attached hydrogens (tertiary/aromatic N) is 2. The van der Waals surface area contributed by atoms with Crippen molar-refractivity contribution in [2.75, 3.05) is 20.2 Å². The van der Waals surface area contributed by atoms with Gasteiger partial charge in [0.25, 0.3) is 0 Å². The minimum Gasteiger partial charge on any atom is -0.490 e. The van der Waals surface area contributed by atoms with Gasteiger partial charge in [-0.2, -0.15) is 0 Å². The number of aromatic nitrogens is 1. The molecule has 1 aromatic heterocycles. The second kappa shape index (κ2) is 3.81. The van der Waals surface area contributed by atoms with Gasteiger partial charge in [0.15, 0.2) is 0 Å². The number of ether oxygens (including phenoxy) is 1. The highest BCUT2D eigenvalue weighted by Crippen LogP contribution is 2.28. The van der Waals surface area contributed by atoms with E-state index in [1.165, 1.54) is 13.0 Å². The van der Waals surface area contributed by atoms with E-state index >= 15 is 0 Å². The number of rotatable bonds is 3. The van der Waals surface area contributed by atoms with Crippen LogP contribution in [0.25, 0.3) is 0 Å². The molecule has 3 heteroatoms. The van der Waals surface area contributed by atoms with Crippen LogP contribution in [0.1, 0.15) is 19.0 Å². The molecule has 0 saturated carbocycles. The highest BCUT2D eigenvalue weighted by atomic mass is 16.5. The molecule has 1 saturated heterocycles. The minimum atomic E-state index is 0.213. The Morgan fingerprint density at radius 1 is 1.53 bits per heavy atom. The number of hydrogen-bond acceptors (Lipinski definition) is 3. The fourth-order valence-corrected chi connectivity index (χ4v) is 1.68. The summed E-state index contributed by atoms with van der Waals surface area (Å²) in [5.74, 6) is 0.863. The van der Waals surface area contributed by atoms with E-state index in [1.807, 2.05) is 19.1 Å². The molecule has 0 spiro atoms. The third-order valence-electron chi connectivity index (χ3n) is 3.34. The molecule has 15 heavy (non-hydrogen) atoms. The summed E-state index contributed by atoms with van der Waals surface area (Å²) in [5, 5.41) is 0. The molecule has 0 aliphatic carbocycles. The van der Waals surface area contributed by atoms with Gasteiger partial charge < -0.3 is 4.74 Å². The fourth-order valence-electron chi connectivity index (χ4n) is 1.68. The second-order valence-electron chi connectivity index (χ2n) is 4.59. The van der Waals surface area contributed by atoms with Crippen LogP contribution in [0, 0.1) is 6.92 Å². The molecule has 82 valence electrons. The number of aryl methyl sites for hydroxylation is 1. The quantitative estimate of drug-likeness (QED) is 0.755. The first-order chi connectivity index (χ1) is 7.10. The molecule has 0 bridgehead atoms. The molecule has 0 amide bonds. The standard InChI is InChI=1S/C12H18N2O/c1-10-4-5-11(8-13-10)15-9-12(2)6-7-14(12)3/h4-5,8H,6-7,9H2,1-3H3/t12-/m1/s1. The van der Waals surface area contributed by atoms with Gasteiger partial charge in [-0.25, -0.2) is 0 Å². The third-order valence-corrected chi connectivity index (χ3v) is 3.34. The van der Waals surface area contributed by atoms with E-state index < -0.39 is 0 Å². The van der Waals surface area contributed by atoms with Gasteiger partial charge in [0.2, 0.25) is 0 Å². The summed E-state index contributed by atoms with van der Waals surface area (Å²) in [6.07, 6.45) is 3.00. The van der Waals surface area contributed by atoms with E-state index in [0.717, 1.165) is 18.1 Å². The van der Waals surface area contributed by atoms with Crippen molar-refractivity contribution in [3.63, 3.8) is 0 Å². The molecular formula is C12H18N2O. The maximum atomic E-state index is 5.73. The smallest absolute Gasteiger partial charge is 0.137 e. The first-order valence-electron chi connectivity index (χ1n) is 5.37.